The van der Waals surface area contributed by atoms with Crippen LogP contribution in [0.5, 0.6) is 5.75 Å². The molecule has 0 bridgehead atoms. The molecule has 3 aromatic carbocycles. The predicted molar refractivity (Wildman–Crippen MR) is 137 cm³/mol. The second-order valence-electron chi connectivity index (χ2n) is 7.32. The smallest absolute Gasteiger partial charge is 0.266 e. The minimum Gasteiger partial charge on any atom is -0.484 e. The van der Waals surface area contributed by atoms with Gasteiger partial charge >= 0.3 is 0 Å². The van der Waals surface area contributed by atoms with Gasteiger partial charge in [0.2, 0.25) is 0 Å². The van der Waals surface area contributed by atoms with Crippen molar-refractivity contribution in [3.05, 3.63) is 100 Å². The number of hydrogen-bond donors (Lipinski definition) is 1. The van der Waals surface area contributed by atoms with E-state index < -0.39 is 0 Å². The Balaban J connectivity index is 1.34. The maximum absolute atomic E-state index is 12.8. The third-order valence-electron chi connectivity index (χ3n) is 4.93. The summed E-state index contributed by atoms with van der Waals surface area (Å²) in [5.74, 6) is 0.0277. The van der Waals surface area contributed by atoms with Gasteiger partial charge in [-0.1, -0.05) is 78.6 Å². The Kier molecular flexibility index (Phi) is 7.38. The van der Waals surface area contributed by atoms with E-state index in [-0.39, 0.29) is 18.4 Å². The third-order valence-corrected chi connectivity index (χ3v) is 6.30. The fourth-order valence-electron chi connectivity index (χ4n) is 3.24. The first kappa shape index (κ1) is 23.2. The number of ether oxygens (including phenoxy) is 1. The van der Waals surface area contributed by atoms with E-state index in [1.807, 2.05) is 48.5 Å². The van der Waals surface area contributed by atoms with Crippen LogP contribution in [0.25, 0.3) is 6.08 Å². The number of thioether (sulfide) groups is 1. The molecule has 8 heteroatoms. The van der Waals surface area contributed by atoms with Crippen LogP contribution in [0.2, 0.25) is 0 Å². The zero-order valence-corrected chi connectivity index (χ0v) is 19.6. The number of amides is 2. The average molecular weight is 486 g/mol. The molecule has 6 nitrogen and oxygen atoms in total. The summed E-state index contributed by atoms with van der Waals surface area (Å²) in [5.41, 5.74) is 2.66. The molecule has 1 saturated heterocycles. The van der Waals surface area contributed by atoms with Crippen molar-refractivity contribution >= 4 is 51.9 Å². The predicted octanol–water partition coefficient (Wildman–Crippen LogP) is 4.98. The number of nitrogens with one attached hydrogen (secondary N) is 1. The van der Waals surface area contributed by atoms with Gasteiger partial charge in [0.05, 0.1) is 22.7 Å². The fourth-order valence-corrected chi connectivity index (χ4v) is 4.49. The molecule has 1 heterocycles. The summed E-state index contributed by atoms with van der Waals surface area (Å²) in [7, 11) is 0. The average Bonchev–Trinajstić information content (AvgIpc) is 3.12. The molecule has 4 rings (SSSR count). The second-order valence-corrected chi connectivity index (χ2v) is 8.99. The molecular weight excluding hydrogens is 466 g/mol. The molecule has 2 amide bonds. The molecule has 34 heavy (non-hydrogen) atoms. The van der Waals surface area contributed by atoms with Gasteiger partial charge in [-0.3, -0.25) is 14.5 Å². The fraction of sp³-hybridized carbons (Fsp3) is 0.0769. The highest BCUT2D eigenvalue weighted by molar-refractivity contribution is 8.26. The van der Waals surface area contributed by atoms with Crippen LogP contribution in [0.15, 0.2) is 83.8 Å². The molecule has 0 aromatic heterocycles. The van der Waals surface area contributed by atoms with Crippen LogP contribution in [-0.4, -0.2) is 27.6 Å². The molecule has 1 aliphatic heterocycles. The third kappa shape index (κ3) is 5.70. The van der Waals surface area contributed by atoms with E-state index in [1.54, 1.807) is 47.4 Å². The van der Waals surface area contributed by atoms with E-state index in [2.05, 4.69) is 5.32 Å². The minimum absolute atomic E-state index is 0.117. The van der Waals surface area contributed by atoms with Crippen molar-refractivity contribution in [3.63, 3.8) is 0 Å². The summed E-state index contributed by atoms with van der Waals surface area (Å²) in [5, 5.41) is 11.8. The van der Waals surface area contributed by atoms with E-state index >= 15 is 0 Å². The molecule has 1 aliphatic rings. The van der Waals surface area contributed by atoms with Crippen LogP contribution in [-0.2, 0) is 16.1 Å². The first-order valence-electron chi connectivity index (χ1n) is 10.3. The maximum atomic E-state index is 12.8. The molecule has 1 fully saturated rings. The molecule has 1 N–H and O–H groups in total. The van der Waals surface area contributed by atoms with Gasteiger partial charge < -0.3 is 10.1 Å². The lowest BCUT2D eigenvalue weighted by atomic mass is 10.2. The summed E-state index contributed by atoms with van der Waals surface area (Å²) >= 11 is 6.68. The number of nitriles is 1. The van der Waals surface area contributed by atoms with E-state index in [4.69, 9.17) is 22.2 Å². The number of hydrogen-bond acceptors (Lipinski definition) is 6. The molecule has 0 atom stereocenters. The quantitative estimate of drug-likeness (QED) is 0.376. The van der Waals surface area contributed by atoms with Crippen molar-refractivity contribution in [1.29, 1.82) is 5.26 Å². The van der Waals surface area contributed by atoms with Gasteiger partial charge in [0.15, 0.2) is 6.61 Å². The first-order valence-corrected chi connectivity index (χ1v) is 11.6. The summed E-state index contributed by atoms with van der Waals surface area (Å²) < 4.78 is 6.07. The highest BCUT2D eigenvalue weighted by atomic mass is 32.2. The Morgan fingerprint density at radius 1 is 1.06 bits per heavy atom. The second kappa shape index (κ2) is 10.8. The Labute approximate surface area is 206 Å². The Bertz CT molecular complexity index is 1300. The molecule has 0 saturated carbocycles. The molecule has 0 unspecified atom stereocenters. The van der Waals surface area contributed by atoms with Gasteiger partial charge in [-0.25, -0.2) is 0 Å². The van der Waals surface area contributed by atoms with E-state index in [0.29, 0.717) is 32.8 Å². The number of carbonyl (C=O) groups excluding carboxylic acids is 2. The van der Waals surface area contributed by atoms with Crippen LogP contribution in [0.3, 0.4) is 0 Å². The highest BCUT2D eigenvalue weighted by Gasteiger charge is 2.31. The van der Waals surface area contributed by atoms with Gasteiger partial charge in [0.1, 0.15) is 16.1 Å². The zero-order valence-electron chi connectivity index (χ0n) is 17.9. The molecule has 0 radical (unpaired) electrons. The topological polar surface area (TPSA) is 82.4 Å². The molecule has 168 valence electrons. The number of benzene rings is 3. The minimum atomic E-state index is -0.367. The number of carbonyl (C=O) groups is 2. The molecule has 3 aromatic rings. The number of anilines is 1. The standard InChI is InChI=1S/C26H19N3O3S2/c27-15-20-8-4-5-9-22(20)28-24(30)17-32-21-12-10-18(11-13-21)14-23-25(31)29(26(33)34-23)16-19-6-2-1-3-7-19/h1-14H,16-17H2,(H,28,30). The van der Waals surface area contributed by atoms with Crippen LogP contribution < -0.4 is 10.1 Å². The van der Waals surface area contributed by atoms with Crippen molar-refractivity contribution in [2.24, 2.45) is 0 Å². The first-order chi connectivity index (χ1) is 16.5. The summed E-state index contributed by atoms with van der Waals surface area (Å²) in [6.45, 7) is 0.244. The Hall–Kier alpha value is -3.93. The van der Waals surface area contributed by atoms with Crippen molar-refractivity contribution in [1.82, 2.24) is 4.90 Å². The van der Waals surface area contributed by atoms with Crippen LogP contribution in [0, 0.1) is 11.3 Å². The van der Waals surface area contributed by atoms with E-state index in [9.17, 15) is 9.59 Å². The van der Waals surface area contributed by atoms with Crippen LogP contribution in [0.4, 0.5) is 5.69 Å². The Morgan fingerprint density at radius 3 is 2.50 bits per heavy atom. The lowest BCUT2D eigenvalue weighted by molar-refractivity contribution is -0.122. The lowest BCUT2D eigenvalue weighted by Gasteiger charge is -2.14. The monoisotopic (exact) mass is 485 g/mol. The van der Waals surface area contributed by atoms with Crippen LogP contribution in [0.1, 0.15) is 16.7 Å². The van der Waals surface area contributed by atoms with Crippen molar-refractivity contribution in [3.8, 4) is 11.8 Å². The van der Waals surface area contributed by atoms with Gasteiger partial charge in [0.25, 0.3) is 11.8 Å². The molecular formula is C26H19N3O3S2. The van der Waals surface area contributed by atoms with Gasteiger partial charge in [-0.05, 0) is 41.5 Å². The SMILES string of the molecule is N#Cc1ccccc1NC(=O)COc1ccc(C=C2SC(=S)N(Cc3ccccc3)C2=O)cc1. The van der Waals surface area contributed by atoms with Gasteiger partial charge in [-0.15, -0.1) is 0 Å². The van der Waals surface area contributed by atoms with Gasteiger partial charge in [0, 0.05) is 0 Å². The number of thiocarbonyl (C=S) groups is 1. The largest absolute Gasteiger partial charge is 0.484 e. The normalized spacial score (nSPS) is 14.2. The Morgan fingerprint density at radius 2 is 1.76 bits per heavy atom. The number of rotatable bonds is 7. The number of nitrogens with zero attached hydrogens (tertiary/aromatic N) is 2. The van der Waals surface area contributed by atoms with E-state index in [0.717, 1.165) is 11.1 Å². The van der Waals surface area contributed by atoms with Crippen molar-refractivity contribution in [2.45, 2.75) is 6.54 Å². The number of para-hydroxylation sites is 1. The van der Waals surface area contributed by atoms with Crippen molar-refractivity contribution in [2.75, 3.05) is 11.9 Å². The van der Waals surface area contributed by atoms with Crippen LogP contribution >= 0.6 is 24.0 Å². The van der Waals surface area contributed by atoms with Gasteiger partial charge in [-0.2, -0.15) is 5.26 Å². The highest BCUT2D eigenvalue weighted by Crippen LogP contribution is 2.33. The van der Waals surface area contributed by atoms with E-state index in [1.165, 1.54) is 11.8 Å². The molecule has 0 aliphatic carbocycles. The summed E-state index contributed by atoms with van der Waals surface area (Å²) in [4.78, 5) is 27.2. The lowest BCUT2D eigenvalue weighted by Crippen LogP contribution is -2.27. The maximum Gasteiger partial charge on any atom is 0.266 e. The summed E-state index contributed by atoms with van der Waals surface area (Å²) in [6, 6.07) is 25.6. The summed E-state index contributed by atoms with van der Waals surface area (Å²) in [6.07, 6.45) is 1.79. The zero-order chi connectivity index (χ0) is 23.9. The molecule has 0 spiro atoms. The van der Waals surface area contributed by atoms with Crippen molar-refractivity contribution < 1.29 is 14.3 Å².